The summed E-state index contributed by atoms with van der Waals surface area (Å²) in [5.74, 6) is 3.55. The zero-order valence-electron chi connectivity index (χ0n) is 11.5. The summed E-state index contributed by atoms with van der Waals surface area (Å²) in [6.45, 7) is 0. The Morgan fingerprint density at radius 1 is 1.05 bits per heavy atom. The monoisotopic (exact) mass is 268 g/mol. The van der Waals surface area contributed by atoms with Crippen LogP contribution < -0.4 is 9.47 Å². The van der Waals surface area contributed by atoms with Crippen LogP contribution in [-0.2, 0) is 0 Å². The van der Waals surface area contributed by atoms with Crippen LogP contribution in [0.4, 0.5) is 0 Å². The first-order chi connectivity index (χ1) is 9.71. The Morgan fingerprint density at radius 2 is 1.60 bits per heavy atom. The van der Waals surface area contributed by atoms with Crippen molar-refractivity contribution in [3.8, 4) is 29.6 Å². The lowest BCUT2D eigenvalue weighted by Crippen LogP contribution is -2.04. The van der Waals surface area contributed by atoms with Crippen molar-refractivity contribution in [2.45, 2.75) is 5.92 Å². The van der Waals surface area contributed by atoms with E-state index in [2.05, 4.69) is 5.92 Å². The number of aromatic hydroxyl groups is 1. The molecule has 0 saturated heterocycles. The summed E-state index contributed by atoms with van der Waals surface area (Å²) in [6.07, 6.45) is 5.70. The van der Waals surface area contributed by atoms with E-state index in [1.54, 1.807) is 0 Å². The van der Waals surface area contributed by atoms with Crippen LogP contribution in [0.25, 0.3) is 0 Å². The Kier molecular flexibility index (Phi) is 4.17. The van der Waals surface area contributed by atoms with E-state index in [1.807, 2.05) is 30.3 Å². The molecule has 0 heterocycles. The number of methoxy groups -OCH3 is 2. The van der Waals surface area contributed by atoms with E-state index in [9.17, 15) is 5.11 Å². The Morgan fingerprint density at radius 3 is 2.05 bits per heavy atom. The molecule has 3 nitrogen and oxygen atoms in total. The average molecular weight is 268 g/mol. The van der Waals surface area contributed by atoms with Crippen molar-refractivity contribution in [3.63, 3.8) is 0 Å². The molecule has 1 N–H and O–H groups in total. The maximum Gasteiger partial charge on any atom is 0.131 e. The Balaban J connectivity index is 2.63. The van der Waals surface area contributed by atoms with E-state index in [-0.39, 0.29) is 11.7 Å². The van der Waals surface area contributed by atoms with Gasteiger partial charge in [0.1, 0.15) is 17.2 Å². The van der Waals surface area contributed by atoms with E-state index in [0.717, 1.165) is 11.1 Å². The number of hydrogen-bond donors (Lipinski definition) is 1. The van der Waals surface area contributed by atoms with Crippen molar-refractivity contribution in [3.05, 3.63) is 53.6 Å². The molecule has 20 heavy (non-hydrogen) atoms. The zero-order valence-corrected chi connectivity index (χ0v) is 11.5. The predicted molar refractivity (Wildman–Crippen MR) is 78.3 cm³/mol. The van der Waals surface area contributed by atoms with Gasteiger partial charge in [-0.3, -0.25) is 0 Å². The molecule has 0 bridgehead atoms. The highest BCUT2D eigenvalue weighted by molar-refractivity contribution is 5.57. The molecule has 0 aromatic heterocycles. The molecule has 0 saturated carbocycles. The van der Waals surface area contributed by atoms with E-state index >= 15 is 0 Å². The first kappa shape index (κ1) is 13.8. The molecule has 3 heteroatoms. The van der Waals surface area contributed by atoms with Gasteiger partial charge in [-0.05, 0) is 5.56 Å². The normalized spacial score (nSPS) is 11.4. The maximum absolute atomic E-state index is 9.69. The molecule has 0 amide bonds. The fourth-order valence-electron chi connectivity index (χ4n) is 2.20. The van der Waals surface area contributed by atoms with Crippen molar-refractivity contribution in [1.29, 1.82) is 0 Å². The van der Waals surface area contributed by atoms with Gasteiger partial charge in [-0.2, -0.15) is 0 Å². The second-order valence-corrected chi connectivity index (χ2v) is 4.27. The molecule has 0 aliphatic rings. The third-order valence-electron chi connectivity index (χ3n) is 3.12. The molecule has 0 aliphatic heterocycles. The molecule has 2 rings (SSSR count). The molecule has 2 aromatic rings. The van der Waals surface area contributed by atoms with Gasteiger partial charge in [0.2, 0.25) is 0 Å². The lowest BCUT2D eigenvalue weighted by molar-refractivity contribution is 0.376. The van der Waals surface area contributed by atoms with Gasteiger partial charge >= 0.3 is 0 Å². The summed E-state index contributed by atoms with van der Waals surface area (Å²) in [7, 11) is 3.08. The van der Waals surface area contributed by atoms with Crippen molar-refractivity contribution >= 4 is 0 Å². The molecule has 0 fully saturated rings. The summed E-state index contributed by atoms with van der Waals surface area (Å²) >= 11 is 0. The van der Waals surface area contributed by atoms with Gasteiger partial charge in [-0.1, -0.05) is 36.3 Å². The average Bonchev–Trinajstić information content (AvgIpc) is 2.49. The molecule has 2 aromatic carbocycles. The number of hydrogen-bond acceptors (Lipinski definition) is 3. The molecular formula is C17H16O3. The molecule has 0 spiro atoms. The maximum atomic E-state index is 9.69. The highest BCUT2D eigenvalue weighted by Crippen LogP contribution is 2.41. The van der Waals surface area contributed by atoms with Gasteiger partial charge in [0.05, 0.1) is 25.7 Å². The number of ether oxygens (including phenoxy) is 2. The minimum Gasteiger partial charge on any atom is -0.508 e. The van der Waals surface area contributed by atoms with Crippen LogP contribution in [0.2, 0.25) is 0 Å². The lowest BCUT2D eigenvalue weighted by atomic mass is 9.90. The van der Waals surface area contributed by atoms with E-state index < -0.39 is 0 Å². The third kappa shape index (κ3) is 2.55. The van der Waals surface area contributed by atoms with Crippen LogP contribution in [0.5, 0.6) is 17.2 Å². The SMILES string of the molecule is C#CC(c1ccccc1)c1c(OC)cc(O)cc1OC. The second kappa shape index (κ2) is 6.03. The first-order valence-corrected chi connectivity index (χ1v) is 6.17. The zero-order chi connectivity index (χ0) is 14.5. The number of phenols is 1. The van der Waals surface area contributed by atoms with Crippen molar-refractivity contribution in [1.82, 2.24) is 0 Å². The number of phenolic OH excluding ortho intramolecular Hbond substituents is 1. The highest BCUT2D eigenvalue weighted by Gasteiger charge is 2.22. The van der Waals surface area contributed by atoms with E-state index in [4.69, 9.17) is 15.9 Å². The van der Waals surface area contributed by atoms with Gasteiger partial charge in [0, 0.05) is 12.1 Å². The number of benzene rings is 2. The van der Waals surface area contributed by atoms with Crippen LogP contribution in [0, 0.1) is 12.3 Å². The lowest BCUT2D eigenvalue weighted by Gasteiger charge is -2.19. The second-order valence-electron chi connectivity index (χ2n) is 4.27. The van der Waals surface area contributed by atoms with Crippen LogP contribution in [0.3, 0.4) is 0 Å². The molecule has 0 aliphatic carbocycles. The van der Waals surface area contributed by atoms with E-state index in [1.165, 1.54) is 26.4 Å². The molecule has 1 atom stereocenters. The van der Waals surface area contributed by atoms with Gasteiger partial charge in [0.25, 0.3) is 0 Å². The van der Waals surface area contributed by atoms with E-state index in [0.29, 0.717) is 11.5 Å². The van der Waals surface area contributed by atoms with Crippen LogP contribution in [-0.4, -0.2) is 19.3 Å². The van der Waals surface area contributed by atoms with Crippen molar-refractivity contribution in [2.75, 3.05) is 14.2 Å². The van der Waals surface area contributed by atoms with Gasteiger partial charge in [-0.25, -0.2) is 0 Å². The Hall–Kier alpha value is -2.60. The molecular weight excluding hydrogens is 252 g/mol. The van der Waals surface area contributed by atoms with Crippen LogP contribution in [0.1, 0.15) is 17.0 Å². The minimum absolute atomic E-state index is 0.0753. The smallest absolute Gasteiger partial charge is 0.131 e. The Labute approximate surface area is 118 Å². The van der Waals surface area contributed by atoms with Crippen LogP contribution in [0.15, 0.2) is 42.5 Å². The van der Waals surface area contributed by atoms with Gasteiger partial charge < -0.3 is 14.6 Å². The van der Waals surface area contributed by atoms with Crippen LogP contribution >= 0.6 is 0 Å². The molecule has 102 valence electrons. The summed E-state index contributed by atoms with van der Waals surface area (Å²) < 4.78 is 10.7. The minimum atomic E-state index is -0.304. The topological polar surface area (TPSA) is 38.7 Å². The first-order valence-electron chi connectivity index (χ1n) is 6.17. The van der Waals surface area contributed by atoms with Gasteiger partial charge in [0.15, 0.2) is 0 Å². The highest BCUT2D eigenvalue weighted by atomic mass is 16.5. The number of rotatable bonds is 4. The van der Waals surface area contributed by atoms with Gasteiger partial charge in [-0.15, -0.1) is 6.42 Å². The largest absolute Gasteiger partial charge is 0.508 e. The van der Waals surface area contributed by atoms with Crippen molar-refractivity contribution < 1.29 is 14.6 Å². The summed E-state index contributed by atoms with van der Waals surface area (Å²) in [6, 6.07) is 12.8. The Bertz CT molecular complexity index is 601. The predicted octanol–water partition coefficient (Wildman–Crippen LogP) is 3.17. The fraction of sp³-hybridized carbons (Fsp3) is 0.176. The summed E-state index contributed by atoms with van der Waals surface area (Å²) in [5.41, 5.74) is 1.71. The standard InChI is InChI=1S/C17H16O3/c1-4-14(12-8-6-5-7-9-12)17-15(19-2)10-13(18)11-16(17)20-3/h1,5-11,14,18H,2-3H3. The summed E-state index contributed by atoms with van der Waals surface area (Å²) in [4.78, 5) is 0. The molecule has 0 radical (unpaired) electrons. The number of terminal acetylenes is 1. The van der Waals surface area contributed by atoms with Crippen molar-refractivity contribution in [2.24, 2.45) is 0 Å². The summed E-state index contributed by atoms with van der Waals surface area (Å²) in [5, 5.41) is 9.69. The molecule has 1 unspecified atom stereocenters. The fourth-order valence-corrected chi connectivity index (χ4v) is 2.20. The quantitative estimate of drug-likeness (QED) is 0.866. The third-order valence-corrected chi connectivity index (χ3v) is 3.12.